The lowest BCUT2D eigenvalue weighted by atomic mass is 10.1. The van der Waals surface area contributed by atoms with E-state index in [0.29, 0.717) is 39.0 Å². The Morgan fingerprint density at radius 2 is 2.07 bits per heavy atom. The van der Waals surface area contributed by atoms with E-state index in [1.807, 2.05) is 11.4 Å². The van der Waals surface area contributed by atoms with Gasteiger partial charge in [0.05, 0.1) is 25.4 Å². The van der Waals surface area contributed by atoms with Crippen LogP contribution in [0.5, 0.6) is 11.5 Å². The number of carbonyl (C=O) groups excluding carboxylic acids is 1. The highest BCUT2D eigenvalue weighted by molar-refractivity contribution is 7.14. The summed E-state index contributed by atoms with van der Waals surface area (Å²) < 4.78 is 15.6. The number of rotatable bonds is 6. The SMILES string of the molecule is COc1ccc(OC)c(/C=C/C(=O)Nc2nc(-c3ccc4[nH]c(=O)oc4c3)cs2)c1. The van der Waals surface area contributed by atoms with Crippen LogP contribution in [-0.2, 0) is 4.79 Å². The fourth-order valence-electron chi connectivity index (χ4n) is 2.85. The van der Waals surface area contributed by atoms with Gasteiger partial charge in [-0.25, -0.2) is 9.78 Å². The number of thiazole rings is 1. The van der Waals surface area contributed by atoms with Crippen molar-refractivity contribution in [3.05, 3.63) is 64.0 Å². The molecule has 4 rings (SSSR count). The minimum atomic E-state index is -0.507. The standard InChI is InChI=1S/C21H17N3O5S/c1-27-14-5-7-17(28-2)13(9-14)4-8-19(25)24-20-22-16(11-30-20)12-3-6-15-18(10-12)29-21(26)23-15/h3-11H,1-2H3,(H,23,26)(H,22,24,25)/b8-4+. The smallest absolute Gasteiger partial charge is 0.417 e. The minimum absolute atomic E-state index is 0.326. The fraction of sp³-hybridized carbons (Fsp3) is 0.0952. The molecular formula is C21H17N3O5S. The number of nitrogens with one attached hydrogen (secondary N) is 2. The van der Waals surface area contributed by atoms with Crippen LogP contribution in [0.1, 0.15) is 5.56 Å². The van der Waals surface area contributed by atoms with Gasteiger partial charge in [-0.2, -0.15) is 0 Å². The molecule has 0 aliphatic rings. The number of nitrogens with zero attached hydrogens (tertiary/aromatic N) is 1. The third kappa shape index (κ3) is 4.11. The van der Waals surface area contributed by atoms with E-state index in [1.165, 1.54) is 17.4 Å². The van der Waals surface area contributed by atoms with E-state index in [2.05, 4.69) is 15.3 Å². The van der Waals surface area contributed by atoms with Gasteiger partial charge in [-0.3, -0.25) is 15.1 Å². The molecule has 0 spiro atoms. The van der Waals surface area contributed by atoms with E-state index in [9.17, 15) is 9.59 Å². The van der Waals surface area contributed by atoms with E-state index >= 15 is 0 Å². The van der Waals surface area contributed by atoms with E-state index in [-0.39, 0.29) is 5.91 Å². The van der Waals surface area contributed by atoms with Gasteiger partial charge in [-0.05, 0) is 36.4 Å². The molecule has 2 aromatic heterocycles. The van der Waals surface area contributed by atoms with E-state index in [1.54, 1.807) is 50.6 Å². The van der Waals surface area contributed by atoms with Crippen LogP contribution >= 0.6 is 11.3 Å². The van der Waals surface area contributed by atoms with Crippen molar-refractivity contribution in [2.45, 2.75) is 0 Å². The molecule has 0 fully saturated rings. The molecule has 2 aromatic carbocycles. The summed E-state index contributed by atoms with van der Waals surface area (Å²) in [5.74, 6) is 0.458. The summed E-state index contributed by atoms with van der Waals surface area (Å²) in [5, 5.41) is 5.01. The van der Waals surface area contributed by atoms with Crippen LogP contribution < -0.4 is 20.5 Å². The predicted octanol–water partition coefficient (Wildman–Crippen LogP) is 3.91. The van der Waals surface area contributed by atoms with Crippen LogP contribution in [0.4, 0.5) is 5.13 Å². The molecular weight excluding hydrogens is 406 g/mol. The Morgan fingerprint density at radius 3 is 2.87 bits per heavy atom. The van der Waals surface area contributed by atoms with Crippen molar-refractivity contribution in [2.75, 3.05) is 19.5 Å². The van der Waals surface area contributed by atoms with Gasteiger partial charge in [-0.1, -0.05) is 6.07 Å². The van der Waals surface area contributed by atoms with Crippen LogP contribution in [0.25, 0.3) is 28.4 Å². The number of hydrogen-bond acceptors (Lipinski definition) is 7. The number of anilines is 1. The lowest BCUT2D eigenvalue weighted by Crippen LogP contribution is -2.07. The van der Waals surface area contributed by atoms with Gasteiger partial charge in [0, 0.05) is 22.6 Å². The molecule has 1 amide bonds. The zero-order valence-corrected chi connectivity index (χ0v) is 16.9. The Labute approximate surface area is 174 Å². The number of aromatic nitrogens is 2. The molecule has 0 saturated heterocycles. The number of fused-ring (bicyclic) bond motifs is 1. The van der Waals surface area contributed by atoms with Gasteiger partial charge in [0.1, 0.15) is 11.5 Å². The lowest BCUT2D eigenvalue weighted by molar-refractivity contribution is -0.111. The Morgan fingerprint density at radius 1 is 1.20 bits per heavy atom. The van der Waals surface area contributed by atoms with Crippen LogP contribution in [0, 0.1) is 0 Å². The van der Waals surface area contributed by atoms with Crippen LogP contribution in [0.3, 0.4) is 0 Å². The lowest BCUT2D eigenvalue weighted by Gasteiger charge is -2.07. The van der Waals surface area contributed by atoms with Crippen LogP contribution in [0.15, 0.2) is 57.1 Å². The molecule has 30 heavy (non-hydrogen) atoms. The number of amides is 1. The van der Waals surface area contributed by atoms with Gasteiger partial charge in [-0.15, -0.1) is 11.3 Å². The molecule has 4 aromatic rings. The highest BCUT2D eigenvalue weighted by Gasteiger charge is 2.09. The second kappa shape index (κ2) is 8.26. The first kappa shape index (κ1) is 19.5. The van der Waals surface area contributed by atoms with Crippen molar-refractivity contribution in [3.8, 4) is 22.8 Å². The van der Waals surface area contributed by atoms with Crippen molar-refractivity contribution >= 4 is 39.6 Å². The van der Waals surface area contributed by atoms with Crippen molar-refractivity contribution in [3.63, 3.8) is 0 Å². The molecule has 0 aliphatic carbocycles. The summed E-state index contributed by atoms with van der Waals surface area (Å²) in [7, 11) is 3.13. The van der Waals surface area contributed by atoms with Gasteiger partial charge < -0.3 is 13.9 Å². The van der Waals surface area contributed by atoms with E-state index in [0.717, 1.165) is 5.56 Å². The molecule has 2 N–H and O–H groups in total. The maximum Gasteiger partial charge on any atom is 0.417 e. The van der Waals surface area contributed by atoms with Gasteiger partial charge >= 0.3 is 5.76 Å². The normalized spacial score (nSPS) is 11.1. The number of aromatic amines is 1. The first-order valence-corrected chi connectivity index (χ1v) is 9.73. The number of benzene rings is 2. The van der Waals surface area contributed by atoms with Crippen LogP contribution in [0.2, 0.25) is 0 Å². The molecule has 0 saturated carbocycles. The Hall–Kier alpha value is -3.85. The van der Waals surface area contributed by atoms with Crippen molar-refractivity contribution < 1.29 is 18.7 Å². The molecule has 0 radical (unpaired) electrons. The van der Waals surface area contributed by atoms with Crippen LogP contribution in [-0.4, -0.2) is 30.1 Å². The average molecular weight is 423 g/mol. The quantitative estimate of drug-likeness (QED) is 0.456. The largest absolute Gasteiger partial charge is 0.497 e. The molecule has 2 heterocycles. The monoisotopic (exact) mass is 423 g/mol. The summed E-state index contributed by atoms with van der Waals surface area (Å²) in [6.45, 7) is 0. The first-order valence-electron chi connectivity index (χ1n) is 8.85. The Balaban J connectivity index is 1.48. The summed E-state index contributed by atoms with van der Waals surface area (Å²) in [6, 6.07) is 10.6. The molecule has 152 valence electrons. The zero-order valence-electron chi connectivity index (χ0n) is 16.1. The maximum atomic E-state index is 12.3. The van der Waals surface area contributed by atoms with Gasteiger partial charge in [0.25, 0.3) is 0 Å². The Bertz CT molecular complexity index is 1300. The molecule has 9 heteroatoms. The zero-order chi connectivity index (χ0) is 21.1. The second-order valence-electron chi connectivity index (χ2n) is 6.19. The third-order valence-corrected chi connectivity index (χ3v) is 5.06. The number of oxazole rings is 1. The molecule has 0 atom stereocenters. The number of carbonyl (C=O) groups is 1. The van der Waals surface area contributed by atoms with E-state index < -0.39 is 5.76 Å². The summed E-state index contributed by atoms with van der Waals surface area (Å²) in [6.07, 6.45) is 3.05. The van der Waals surface area contributed by atoms with Gasteiger partial charge in [0.15, 0.2) is 10.7 Å². The highest BCUT2D eigenvalue weighted by atomic mass is 32.1. The number of ether oxygens (including phenoxy) is 2. The number of methoxy groups -OCH3 is 2. The molecule has 8 nitrogen and oxygen atoms in total. The summed E-state index contributed by atoms with van der Waals surface area (Å²) in [5.41, 5.74) is 3.23. The fourth-order valence-corrected chi connectivity index (χ4v) is 3.57. The summed E-state index contributed by atoms with van der Waals surface area (Å²) >= 11 is 1.30. The van der Waals surface area contributed by atoms with Crippen molar-refractivity contribution in [1.82, 2.24) is 9.97 Å². The third-order valence-electron chi connectivity index (χ3n) is 4.30. The second-order valence-corrected chi connectivity index (χ2v) is 7.05. The average Bonchev–Trinajstić information content (AvgIpc) is 3.36. The minimum Gasteiger partial charge on any atom is -0.497 e. The molecule has 0 aliphatic heterocycles. The first-order chi connectivity index (χ1) is 14.6. The number of hydrogen-bond donors (Lipinski definition) is 2. The Kier molecular flexibility index (Phi) is 5.36. The maximum absolute atomic E-state index is 12.3. The van der Waals surface area contributed by atoms with Gasteiger partial charge in [0.2, 0.25) is 5.91 Å². The van der Waals surface area contributed by atoms with Crippen molar-refractivity contribution in [1.29, 1.82) is 0 Å². The predicted molar refractivity (Wildman–Crippen MR) is 115 cm³/mol. The highest BCUT2D eigenvalue weighted by Crippen LogP contribution is 2.28. The number of H-pyrrole nitrogens is 1. The van der Waals surface area contributed by atoms with Crippen molar-refractivity contribution in [2.24, 2.45) is 0 Å². The molecule has 0 unspecified atom stereocenters. The molecule has 0 bridgehead atoms. The topological polar surface area (TPSA) is 106 Å². The van der Waals surface area contributed by atoms with E-state index in [4.69, 9.17) is 13.9 Å². The summed E-state index contributed by atoms with van der Waals surface area (Å²) in [4.78, 5) is 30.6.